The Balaban J connectivity index is 1.22. The average Bonchev–Trinajstić information content (AvgIpc) is 3.39. The van der Waals surface area contributed by atoms with E-state index in [4.69, 9.17) is 0 Å². The van der Waals surface area contributed by atoms with Gasteiger partial charge in [0.2, 0.25) is 17.5 Å². The smallest absolute Gasteiger partial charge is 0.316 e. The fraction of sp³-hybridized carbons (Fsp3) is 0.519. The molecule has 2 saturated heterocycles. The van der Waals surface area contributed by atoms with E-state index < -0.39 is 23.8 Å². The minimum Gasteiger partial charge on any atom is -0.316 e. The van der Waals surface area contributed by atoms with Gasteiger partial charge in [-0.1, -0.05) is 13.0 Å². The fourth-order valence-electron chi connectivity index (χ4n) is 6.87. The summed E-state index contributed by atoms with van der Waals surface area (Å²) in [5, 5.41) is 2.35. The number of hydrogen-bond acceptors (Lipinski definition) is 5. The van der Waals surface area contributed by atoms with Gasteiger partial charge in [0.1, 0.15) is 23.8 Å². The molecule has 4 aliphatic heterocycles. The number of aromatic nitrogens is 2. The highest BCUT2D eigenvalue weighted by atomic mass is 19.4. The molecule has 0 saturated carbocycles. The summed E-state index contributed by atoms with van der Waals surface area (Å²) in [7, 11) is 0. The quantitative estimate of drug-likeness (QED) is 0.487. The van der Waals surface area contributed by atoms with Gasteiger partial charge in [-0.2, -0.15) is 17.7 Å². The third-order valence-corrected chi connectivity index (χ3v) is 8.83. The van der Waals surface area contributed by atoms with E-state index in [1.165, 1.54) is 18.0 Å². The maximum atomic E-state index is 13.3. The van der Waals surface area contributed by atoms with Gasteiger partial charge in [0.25, 0.3) is 5.91 Å². The largest absolute Gasteiger partial charge is 0.433 e. The number of amides is 3. The van der Waals surface area contributed by atoms with Crippen LogP contribution in [-0.2, 0) is 35.4 Å². The number of rotatable bonds is 4. The highest BCUT2D eigenvalue weighted by molar-refractivity contribution is 6.05. The van der Waals surface area contributed by atoms with Gasteiger partial charge in [0.15, 0.2) is 12.2 Å². The van der Waals surface area contributed by atoms with Crippen molar-refractivity contribution in [1.82, 2.24) is 20.1 Å². The molecule has 8 nitrogen and oxygen atoms in total. The van der Waals surface area contributed by atoms with E-state index >= 15 is 0 Å². The Bertz CT molecular complexity index is 1330. The Hall–Kier alpha value is -3.34. The highest BCUT2D eigenvalue weighted by Gasteiger charge is 2.56. The number of fused-ring (bicyclic) bond motifs is 5. The Morgan fingerprint density at radius 2 is 1.97 bits per heavy atom. The summed E-state index contributed by atoms with van der Waals surface area (Å²) in [5.74, 6) is -0.603. The summed E-state index contributed by atoms with van der Waals surface area (Å²) in [6.07, 6.45) is -0.773. The summed E-state index contributed by atoms with van der Waals surface area (Å²) in [4.78, 5) is 44.9. The number of carbonyl (C=O) groups excluding carboxylic acids is 3. The number of imide groups is 1. The van der Waals surface area contributed by atoms with E-state index in [-0.39, 0.29) is 23.7 Å². The number of piperidine rings is 2. The maximum absolute atomic E-state index is 13.3. The van der Waals surface area contributed by atoms with Crippen LogP contribution < -0.4 is 9.88 Å². The van der Waals surface area contributed by atoms with Gasteiger partial charge in [-0.05, 0) is 43.5 Å². The number of alkyl halides is 3. The lowest BCUT2D eigenvalue weighted by atomic mass is 9.70. The molecule has 0 aliphatic carbocycles. The Morgan fingerprint density at radius 1 is 1.16 bits per heavy atom. The predicted molar refractivity (Wildman–Crippen MR) is 127 cm³/mol. The van der Waals surface area contributed by atoms with Crippen LogP contribution in [0.2, 0.25) is 0 Å². The number of pyridine rings is 2. The van der Waals surface area contributed by atoms with E-state index in [9.17, 15) is 27.6 Å². The van der Waals surface area contributed by atoms with Crippen LogP contribution in [0, 0.1) is 5.41 Å². The van der Waals surface area contributed by atoms with Crippen molar-refractivity contribution >= 4 is 17.7 Å². The lowest BCUT2D eigenvalue weighted by molar-refractivity contribution is -0.706. The first kappa shape index (κ1) is 25.0. The molecule has 3 amide bonds. The Kier molecular flexibility index (Phi) is 5.82. The first-order valence-corrected chi connectivity index (χ1v) is 13.0. The summed E-state index contributed by atoms with van der Waals surface area (Å²) >= 11 is 0. The SMILES string of the molecule is CCC12CN(Cc3ccc(C(F)(F)F)nc3)CCC1c1ccc3c([n+]1C2)CN(C1CCC(=O)NC1=O)C3=O. The average molecular weight is 529 g/mol. The van der Waals surface area contributed by atoms with Gasteiger partial charge < -0.3 is 4.90 Å². The molecule has 2 aromatic rings. The molecule has 11 heteroatoms. The molecule has 0 radical (unpaired) electrons. The third kappa shape index (κ3) is 3.98. The molecular formula is C27H29F3N5O3+. The molecule has 6 heterocycles. The number of halogens is 3. The topological polar surface area (TPSA) is 86.5 Å². The van der Waals surface area contributed by atoms with E-state index in [0.717, 1.165) is 49.8 Å². The van der Waals surface area contributed by atoms with Crippen LogP contribution in [0.1, 0.15) is 71.5 Å². The second kappa shape index (κ2) is 8.86. The van der Waals surface area contributed by atoms with Gasteiger partial charge in [-0.15, -0.1) is 0 Å². The first-order valence-electron chi connectivity index (χ1n) is 13.0. The zero-order valence-corrected chi connectivity index (χ0v) is 21.1. The van der Waals surface area contributed by atoms with Crippen molar-refractivity contribution in [1.29, 1.82) is 0 Å². The molecule has 6 rings (SSSR count). The maximum Gasteiger partial charge on any atom is 0.433 e. The van der Waals surface area contributed by atoms with Gasteiger partial charge in [0, 0.05) is 31.8 Å². The van der Waals surface area contributed by atoms with Crippen LogP contribution in [0.5, 0.6) is 0 Å². The van der Waals surface area contributed by atoms with Crippen molar-refractivity contribution in [3.05, 3.63) is 58.7 Å². The zero-order valence-electron chi connectivity index (χ0n) is 21.1. The zero-order chi connectivity index (χ0) is 26.8. The Morgan fingerprint density at radius 3 is 2.66 bits per heavy atom. The number of likely N-dealkylation sites (tertiary alicyclic amines) is 1. The van der Waals surface area contributed by atoms with Crippen molar-refractivity contribution in [2.45, 2.75) is 70.4 Å². The molecule has 0 aromatic carbocycles. The minimum atomic E-state index is -4.45. The van der Waals surface area contributed by atoms with Crippen molar-refractivity contribution in [2.24, 2.45) is 5.41 Å². The van der Waals surface area contributed by atoms with Crippen molar-refractivity contribution in [3.8, 4) is 0 Å². The van der Waals surface area contributed by atoms with Crippen LogP contribution in [0.25, 0.3) is 0 Å². The van der Waals surface area contributed by atoms with Gasteiger partial charge in [-0.3, -0.25) is 29.6 Å². The Labute approximate surface area is 217 Å². The lowest BCUT2D eigenvalue weighted by Crippen LogP contribution is -2.52. The first-order chi connectivity index (χ1) is 18.1. The molecule has 0 bridgehead atoms. The number of carbonyl (C=O) groups is 3. The monoisotopic (exact) mass is 528 g/mol. The molecule has 3 unspecified atom stereocenters. The third-order valence-electron chi connectivity index (χ3n) is 8.83. The van der Waals surface area contributed by atoms with Crippen molar-refractivity contribution in [2.75, 3.05) is 13.1 Å². The molecule has 1 N–H and O–H groups in total. The molecular weight excluding hydrogens is 499 g/mol. The molecule has 0 spiro atoms. The van der Waals surface area contributed by atoms with Crippen LogP contribution in [0.3, 0.4) is 0 Å². The molecule has 3 atom stereocenters. The van der Waals surface area contributed by atoms with Gasteiger partial charge >= 0.3 is 6.18 Å². The van der Waals surface area contributed by atoms with E-state index in [1.807, 2.05) is 12.1 Å². The molecule has 38 heavy (non-hydrogen) atoms. The van der Waals surface area contributed by atoms with Crippen LogP contribution >= 0.6 is 0 Å². The van der Waals surface area contributed by atoms with E-state index in [1.54, 1.807) is 4.90 Å². The summed E-state index contributed by atoms with van der Waals surface area (Å²) < 4.78 is 41.0. The predicted octanol–water partition coefficient (Wildman–Crippen LogP) is 2.55. The molecule has 4 aliphatic rings. The van der Waals surface area contributed by atoms with Crippen LogP contribution in [-0.4, -0.2) is 51.6 Å². The normalized spacial score (nSPS) is 27.3. The van der Waals surface area contributed by atoms with E-state index in [0.29, 0.717) is 31.0 Å². The second-order valence-corrected chi connectivity index (χ2v) is 10.9. The number of hydrogen-bond donors (Lipinski definition) is 1. The molecule has 2 aromatic heterocycles. The summed E-state index contributed by atoms with van der Waals surface area (Å²) in [5.41, 5.74) is 2.51. The van der Waals surface area contributed by atoms with Crippen molar-refractivity contribution in [3.63, 3.8) is 0 Å². The minimum absolute atomic E-state index is 0.0647. The fourth-order valence-corrected chi connectivity index (χ4v) is 6.87. The van der Waals surface area contributed by atoms with Crippen molar-refractivity contribution < 1.29 is 32.1 Å². The van der Waals surface area contributed by atoms with E-state index in [2.05, 4.69) is 26.7 Å². The second-order valence-electron chi connectivity index (χ2n) is 10.9. The number of nitrogens with one attached hydrogen (secondary N) is 1. The van der Waals surface area contributed by atoms with Crippen LogP contribution in [0.4, 0.5) is 13.2 Å². The standard InChI is InChI=1S/C27H28F3N5O3/c1-2-26-14-33(12-16-3-7-22(31-11-16)27(28,29)30)10-9-18(26)19-5-4-17-21(35(19)15-26)13-34(25(17)38)20-6-8-23(36)32-24(20)37/h3-5,7,11,18,20H,2,6,8-10,12-15H2,1H3/p+1. The number of nitrogens with zero attached hydrogens (tertiary/aromatic N) is 4. The van der Waals surface area contributed by atoms with Crippen LogP contribution in [0.15, 0.2) is 30.5 Å². The molecule has 200 valence electrons. The van der Waals surface area contributed by atoms with Gasteiger partial charge in [0.05, 0.1) is 11.3 Å². The summed E-state index contributed by atoms with van der Waals surface area (Å²) in [6.45, 7) is 5.37. The lowest BCUT2D eigenvalue weighted by Gasteiger charge is -2.41. The molecule has 2 fully saturated rings. The van der Waals surface area contributed by atoms with Gasteiger partial charge in [-0.25, -0.2) is 0 Å². The summed E-state index contributed by atoms with van der Waals surface area (Å²) in [6, 6.07) is 5.80. The highest BCUT2D eigenvalue weighted by Crippen LogP contribution is 2.49.